The third-order valence-electron chi connectivity index (χ3n) is 3.84. The van der Waals surface area contributed by atoms with Crippen molar-refractivity contribution in [3.63, 3.8) is 0 Å². The molecule has 5 nitrogen and oxygen atoms in total. The molecule has 1 aromatic rings. The van der Waals surface area contributed by atoms with Crippen LogP contribution in [0.2, 0.25) is 0 Å². The molecule has 1 fully saturated rings. The number of anilines is 2. The Bertz CT molecular complexity index is 446. The molecule has 2 heterocycles. The lowest BCUT2D eigenvalue weighted by Gasteiger charge is -2.26. The fraction of sp³-hybridized carbons (Fsp3) is 0.750. The van der Waals surface area contributed by atoms with Crippen molar-refractivity contribution in [1.82, 2.24) is 14.9 Å². The van der Waals surface area contributed by atoms with Gasteiger partial charge in [-0.25, -0.2) is 9.97 Å². The zero-order valence-corrected chi connectivity index (χ0v) is 13.9. The average molecular weight is 291 g/mol. The van der Waals surface area contributed by atoms with Gasteiger partial charge in [-0.2, -0.15) is 0 Å². The van der Waals surface area contributed by atoms with Gasteiger partial charge in [-0.3, -0.25) is 0 Å². The Morgan fingerprint density at radius 2 is 1.76 bits per heavy atom. The molecule has 1 aromatic heterocycles. The van der Waals surface area contributed by atoms with Gasteiger partial charge in [0.2, 0.25) is 0 Å². The van der Waals surface area contributed by atoms with Crippen LogP contribution in [0.4, 0.5) is 11.6 Å². The molecule has 2 N–H and O–H groups in total. The smallest absolute Gasteiger partial charge is 0.138 e. The van der Waals surface area contributed by atoms with Crippen molar-refractivity contribution in [2.45, 2.75) is 45.4 Å². The van der Waals surface area contributed by atoms with E-state index >= 15 is 0 Å². The summed E-state index contributed by atoms with van der Waals surface area (Å²) in [7, 11) is 1.90. The Hall–Kier alpha value is -1.36. The van der Waals surface area contributed by atoms with E-state index in [4.69, 9.17) is 0 Å². The monoisotopic (exact) mass is 291 g/mol. The Kier molecular flexibility index (Phi) is 5.39. The first-order chi connectivity index (χ1) is 9.99. The molecule has 0 amide bonds. The van der Waals surface area contributed by atoms with E-state index in [-0.39, 0.29) is 5.41 Å². The van der Waals surface area contributed by atoms with Gasteiger partial charge in [-0.15, -0.1) is 0 Å². The van der Waals surface area contributed by atoms with Crippen molar-refractivity contribution in [3.05, 3.63) is 11.9 Å². The molecular weight excluding hydrogens is 262 g/mol. The number of nitrogens with one attached hydrogen (secondary N) is 2. The summed E-state index contributed by atoms with van der Waals surface area (Å²) < 4.78 is 0. The van der Waals surface area contributed by atoms with Gasteiger partial charge in [0.05, 0.1) is 0 Å². The van der Waals surface area contributed by atoms with Gasteiger partial charge < -0.3 is 15.5 Å². The summed E-state index contributed by atoms with van der Waals surface area (Å²) in [6.45, 7) is 10.9. The molecule has 5 heteroatoms. The molecule has 0 atom stereocenters. The number of hydrogen-bond acceptors (Lipinski definition) is 5. The summed E-state index contributed by atoms with van der Waals surface area (Å²) >= 11 is 0. The Labute approximate surface area is 128 Å². The summed E-state index contributed by atoms with van der Waals surface area (Å²) in [4.78, 5) is 11.7. The fourth-order valence-corrected chi connectivity index (χ4v) is 2.53. The lowest BCUT2D eigenvalue weighted by atomic mass is 9.96. The predicted molar refractivity (Wildman–Crippen MR) is 89.1 cm³/mol. The second-order valence-electron chi connectivity index (χ2n) is 6.79. The maximum absolute atomic E-state index is 4.65. The van der Waals surface area contributed by atoms with Crippen molar-refractivity contribution < 1.29 is 0 Å². The molecule has 0 unspecified atom stereocenters. The molecule has 2 rings (SSSR count). The van der Waals surface area contributed by atoms with Gasteiger partial charge >= 0.3 is 0 Å². The average Bonchev–Trinajstić information content (AvgIpc) is 2.47. The molecule has 0 bridgehead atoms. The van der Waals surface area contributed by atoms with Crippen molar-refractivity contribution >= 4 is 11.6 Å². The highest BCUT2D eigenvalue weighted by Crippen LogP contribution is 2.22. The van der Waals surface area contributed by atoms with Crippen LogP contribution in [0.15, 0.2) is 6.07 Å². The summed E-state index contributed by atoms with van der Waals surface area (Å²) in [6.07, 6.45) is 4.06. The second-order valence-corrected chi connectivity index (χ2v) is 6.79. The summed E-state index contributed by atoms with van der Waals surface area (Å²) in [6, 6.07) is 1.98. The van der Waals surface area contributed by atoms with Crippen LogP contribution in [0.1, 0.15) is 45.9 Å². The van der Waals surface area contributed by atoms with E-state index in [1.54, 1.807) is 0 Å². The minimum absolute atomic E-state index is 0.0455. The molecular formula is C16H29N5. The summed E-state index contributed by atoms with van der Waals surface area (Å²) in [5.74, 6) is 2.65. The van der Waals surface area contributed by atoms with Gasteiger partial charge in [0.1, 0.15) is 17.5 Å². The highest BCUT2D eigenvalue weighted by molar-refractivity contribution is 5.47. The first-order valence-corrected chi connectivity index (χ1v) is 8.02. The van der Waals surface area contributed by atoms with Crippen LogP contribution in [-0.4, -0.2) is 48.1 Å². The van der Waals surface area contributed by atoms with E-state index in [1.165, 1.54) is 32.4 Å². The fourth-order valence-electron chi connectivity index (χ4n) is 2.53. The van der Waals surface area contributed by atoms with Crippen LogP contribution in [0.5, 0.6) is 0 Å². The lowest BCUT2D eigenvalue weighted by molar-refractivity contribution is 0.237. The third-order valence-corrected chi connectivity index (χ3v) is 3.84. The molecule has 1 aliphatic rings. The zero-order valence-electron chi connectivity index (χ0n) is 13.9. The molecule has 0 spiro atoms. The summed E-state index contributed by atoms with van der Waals surface area (Å²) in [5, 5.41) is 6.56. The molecule has 1 aliphatic heterocycles. The van der Waals surface area contributed by atoms with Crippen molar-refractivity contribution in [1.29, 1.82) is 0 Å². The van der Waals surface area contributed by atoms with Crippen LogP contribution in [0.25, 0.3) is 0 Å². The van der Waals surface area contributed by atoms with Crippen LogP contribution in [0.3, 0.4) is 0 Å². The van der Waals surface area contributed by atoms with Gasteiger partial charge in [-0.05, 0) is 25.9 Å². The molecule has 21 heavy (non-hydrogen) atoms. The molecule has 0 saturated carbocycles. The molecule has 118 valence electrons. The Morgan fingerprint density at radius 3 is 2.38 bits per heavy atom. The van der Waals surface area contributed by atoms with E-state index < -0.39 is 0 Å². The van der Waals surface area contributed by atoms with Gasteiger partial charge in [0, 0.05) is 31.6 Å². The maximum Gasteiger partial charge on any atom is 0.138 e. The number of aromatic nitrogens is 2. The van der Waals surface area contributed by atoms with Crippen LogP contribution in [-0.2, 0) is 5.41 Å². The van der Waals surface area contributed by atoms with E-state index in [9.17, 15) is 0 Å². The van der Waals surface area contributed by atoms with E-state index in [2.05, 4.69) is 46.3 Å². The largest absolute Gasteiger partial charge is 0.373 e. The predicted octanol–water partition coefficient (Wildman–Crippen LogP) is 2.71. The first kappa shape index (κ1) is 16.0. The second kappa shape index (κ2) is 7.07. The Balaban J connectivity index is 1.95. The molecule has 1 saturated heterocycles. The number of likely N-dealkylation sites (tertiary alicyclic amines) is 1. The molecule has 0 aliphatic carbocycles. The highest BCUT2D eigenvalue weighted by atomic mass is 15.2. The minimum atomic E-state index is -0.0455. The van der Waals surface area contributed by atoms with Gasteiger partial charge in [0.15, 0.2) is 0 Å². The maximum atomic E-state index is 4.65. The number of rotatable bonds is 5. The molecule has 0 radical (unpaired) electrons. The van der Waals surface area contributed by atoms with Crippen molar-refractivity contribution in [2.75, 3.05) is 43.9 Å². The number of nitrogens with zero attached hydrogens (tertiary/aromatic N) is 3. The topological polar surface area (TPSA) is 53.1 Å². The Morgan fingerprint density at radius 1 is 1.10 bits per heavy atom. The SMILES string of the molecule is CNc1cc(NCCN2CCCCC2)nc(C(C)(C)C)n1. The van der Waals surface area contributed by atoms with Crippen LogP contribution in [0, 0.1) is 0 Å². The van der Waals surface area contributed by atoms with Crippen molar-refractivity contribution in [3.8, 4) is 0 Å². The van der Waals surface area contributed by atoms with Crippen LogP contribution < -0.4 is 10.6 Å². The van der Waals surface area contributed by atoms with Gasteiger partial charge in [0.25, 0.3) is 0 Å². The third kappa shape index (κ3) is 4.84. The zero-order chi connectivity index (χ0) is 15.3. The highest BCUT2D eigenvalue weighted by Gasteiger charge is 2.19. The summed E-state index contributed by atoms with van der Waals surface area (Å²) in [5.41, 5.74) is -0.0455. The van der Waals surface area contributed by atoms with E-state index in [1.807, 2.05) is 13.1 Å². The van der Waals surface area contributed by atoms with Crippen molar-refractivity contribution in [2.24, 2.45) is 0 Å². The number of hydrogen-bond donors (Lipinski definition) is 2. The molecule has 0 aromatic carbocycles. The number of piperidine rings is 1. The lowest BCUT2D eigenvalue weighted by Crippen LogP contribution is -2.33. The quantitative estimate of drug-likeness (QED) is 0.873. The van der Waals surface area contributed by atoms with E-state index in [0.717, 1.165) is 30.5 Å². The normalized spacial score (nSPS) is 16.8. The first-order valence-electron chi connectivity index (χ1n) is 8.02. The minimum Gasteiger partial charge on any atom is -0.373 e. The standard InChI is InChI=1S/C16H29N5/c1-16(2,3)15-19-13(17-4)12-14(20-15)18-8-11-21-9-6-5-7-10-21/h12H,5-11H2,1-4H3,(H2,17,18,19,20). The van der Waals surface area contributed by atoms with Gasteiger partial charge in [-0.1, -0.05) is 27.2 Å². The van der Waals surface area contributed by atoms with E-state index in [0.29, 0.717) is 0 Å². The van der Waals surface area contributed by atoms with Crippen LogP contribution >= 0.6 is 0 Å².